The van der Waals surface area contributed by atoms with E-state index >= 15 is 0 Å². The van der Waals surface area contributed by atoms with E-state index in [-0.39, 0.29) is 10.8 Å². The van der Waals surface area contributed by atoms with Crippen LogP contribution in [0.5, 0.6) is 23.0 Å². The minimum atomic E-state index is -0.613. The molecule has 0 radical (unpaired) electrons. The summed E-state index contributed by atoms with van der Waals surface area (Å²) in [4.78, 5) is 5.08. The molecule has 0 atom stereocenters. The van der Waals surface area contributed by atoms with Crippen LogP contribution in [-0.2, 0) is 21.7 Å². The Balaban J connectivity index is 0.791. The largest absolute Gasteiger partial charge is 0.457 e. The zero-order chi connectivity index (χ0) is 54.4. The highest BCUT2D eigenvalue weighted by Gasteiger charge is 2.54. The molecule has 0 unspecified atom stereocenters. The molecule has 18 rings (SSSR count). The van der Waals surface area contributed by atoms with Gasteiger partial charge in [-0.15, -0.1) is 0 Å². The molecule has 12 aromatic carbocycles. The second-order valence-corrected chi connectivity index (χ2v) is 24.2. The van der Waals surface area contributed by atoms with Crippen molar-refractivity contribution in [3.05, 3.63) is 322 Å². The second kappa shape index (κ2) is 15.9. The van der Waals surface area contributed by atoms with Gasteiger partial charge in [-0.05, 0) is 151 Å². The zero-order valence-electron chi connectivity index (χ0n) is 46.0. The predicted molar refractivity (Wildman–Crippen MR) is 332 cm³/mol. The van der Waals surface area contributed by atoms with E-state index in [1.165, 1.54) is 94.6 Å². The molecule has 4 heteroatoms. The van der Waals surface area contributed by atoms with Crippen molar-refractivity contribution in [1.82, 2.24) is 0 Å². The third-order valence-corrected chi connectivity index (χ3v) is 19.7. The van der Waals surface area contributed by atoms with E-state index < -0.39 is 10.8 Å². The monoisotopic (exact) mass is 1050 g/mol. The molecule has 4 heterocycles. The molecule has 0 fully saturated rings. The third kappa shape index (κ3) is 5.53. The molecule has 2 aliphatic carbocycles. The minimum absolute atomic E-state index is 0.300. The number of hydrogen-bond acceptors (Lipinski definition) is 4. The van der Waals surface area contributed by atoms with Crippen LogP contribution in [0.4, 0.5) is 34.1 Å². The van der Waals surface area contributed by atoms with E-state index in [9.17, 15) is 0 Å². The van der Waals surface area contributed by atoms with Crippen LogP contribution in [0.1, 0.15) is 94.5 Å². The molecule has 0 amide bonds. The van der Waals surface area contributed by atoms with E-state index in [0.29, 0.717) is 0 Å². The lowest BCUT2D eigenvalue weighted by Gasteiger charge is -2.48. The summed E-state index contributed by atoms with van der Waals surface area (Å²) in [6.07, 6.45) is 0. The molecule has 0 aromatic heterocycles. The Bertz CT molecular complexity index is 4620. The van der Waals surface area contributed by atoms with Gasteiger partial charge in [0.1, 0.15) is 23.0 Å². The number of anilines is 6. The quantitative estimate of drug-likeness (QED) is 0.172. The smallest absolute Gasteiger partial charge is 0.132 e. The maximum Gasteiger partial charge on any atom is 0.132 e. The van der Waals surface area contributed by atoms with E-state index in [4.69, 9.17) is 9.47 Å². The van der Waals surface area contributed by atoms with Crippen molar-refractivity contribution in [2.45, 2.75) is 49.4 Å². The first-order chi connectivity index (χ1) is 40.2. The van der Waals surface area contributed by atoms with Crippen molar-refractivity contribution in [3.8, 4) is 45.3 Å². The van der Waals surface area contributed by atoms with Crippen molar-refractivity contribution in [3.63, 3.8) is 0 Å². The lowest BCUT2D eigenvalue weighted by molar-refractivity contribution is 0.434. The Kier molecular flexibility index (Phi) is 8.92. The van der Waals surface area contributed by atoms with Gasteiger partial charge in [0.2, 0.25) is 0 Å². The molecule has 2 spiro atoms. The molecule has 4 nitrogen and oxygen atoms in total. The number of benzene rings is 12. The Labute approximate surface area is 477 Å². The zero-order valence-corrected chi connectivity index (χ0v) is 46.0. The topological polar surface area (TPSA) is 24.9 Å². The average molecular weight is 1050 g/mol. The molecule has 12 aromatic rings. The summed E-state index contributed by atoms with van der Waals surface area (Å²) in [6.45, 7) is 9.77. The van der Waals surface area contributed by atoms with E-state index in [1.807, 2.05) is 0 Å². The Morgan fingerprint density at radius 1 is 0.256 bits per heavy atom. The van der Waals surface area contributed by atoms with E-state index in [0.717, 1.165) is 62.3 Å². The molecule has 6 aliphatic rings. The Morgan fingerprint density at radius 3 is 1.09 bits per heavy atom. The minimum Gasteiger partial charge on any atom is -0.457 e. The molecular formula is C78H54N2O2. The van der Waals surface area contributed by atoms with Crippen molar-refractivity contribution in [1.29, 1.82) is 0 Å². The third-order valence-electron chi connectivity index (χ3n) is 19.7. The van der Waals surface area contributed by atoms with Crippen LogP contribution in [0.15, 0.2) is 255 Å². The van der Waals surface area contributed by atoms with E-state index in [1.54, 1.807) is 0 Å². The normalized spacial score (nSPS) is 16.3. The van der Waals surface area contributed by atoms with Gasteiger partial charge in [-0.1, -0.05) is 204 Å². The molecule has 388 valence electrons. The number of rotatable bonds is 2. The average Bonchev–Trinajstić information content (AvgIpc) is 2.53. The summed E-state index contributed by atoms with van der Waals surface area (Å²) in [7, 11) is 0. The van der Waals surface area contributed by atoms with Gasteiger partial charge in [0.05, 0.1) is 39.3 Å². The maximum absolute atomic E-state index is 6.74. The number of nitrogens with zero attached hydrogens (tertiary/aromatic N) is 2. The summed E-state index contributed by atoms with van der Waals surface area (Å²) in [5.74, 6) is 3.56. The van der Waals surface area contributed by atoms with Gasteiger partial charge < -0.3 is 19.3 Å². The Hall–Kier alpha value is -9.90. The summed E-state index contributed by atoms with van der Waals surface area (Å²) in [5, 5.41) is 2.49. The lowest BCUT2D eigenvalue weighted by Crippen LogP contribution is -2.39. The fraction of sp³-hybridized carbons (Fsp3) is 0.103. The van der Waals surface area contributed by atoms with Crippen molar-refractivity contribution in [2.24, 2.45) is 0 Å². The van der Waals surface area contributed by atoms with Gasteiger partial charge in [0.25, 0.3) is 0 Å². The molecule has 0 saturated heterocycles. The van der Waals surface area contributed by atoms with Crippen molar-refractivity contribution >= 4 is 44.9 Å². The first-order valence-corrected chi connectivity index (χ1v) is 28.8. The summed E-state index contributed by atoms with van der Waals surface area (Å²) < 4.78 is 13.4. The predicted octanol–water partition coefficient (Wildman–Crippen LogP) is 20.0. The summed E-state index contributed by atoms with van der Waals surface area (Å²) in [5.41, 5.74) is 25.5. The molecule has 4 aliphatic heterocycles. The summed E-state index contributed by atoms with van der Waals surface area (Å²) >= 11 is 0. The van der Waals surface area contributed by atoms with Crippen LogP contribution < -0.4 is 19.3 Å². The number of hydrogen-bond donors (Lipinski definition) is 0. The van der Waals surface area contributed by atoms with Gasteiger partial charge in [-0.3, -0.25) is 0 Å². The second-order valence-electron chi connectivity index (χ2n) is 24.2. The molecule has 0 N–H and O–H groups in total. The van der Waals surface area contributed by atoms with Crippen LogP contribution >= 0.6 is 0 Å². The lowest BCUT2D eigenvalue weighted by atomic mass is 9.61. The van der Waals surface area contributed by atoms with Gasteiger partial charge in [-0.25, -0.2) is 0 Å². The number of para-hydroxylation sites is 8. The van der Waals surface area contributed by atoms with Crippen molar-refractivity contribution in [2.75, 3.05) is 9.80 Å². The molecular weight excluding hydrogens is 997 g/mol. The molecule has 0 saturated carbocycles. The summed E-state index contributed by atoms with van der Waals surface area (Å²) in [6, 6.07) is 94.9. The first kappa shape index (κ1) is 45.9. The fourth-order valence-electron chi connectivity index (χ4n) is 16.3. The number of fused-ring (bicyclic) bond motifs is 24. The van der Waals surface area contributed by atoms with E-state index in [2.05, 4.69) is 292 Å². The highest BCUT2D eigenvalue weighted by atomic mass is 16.5. The van der Waals surface area contributed by atoms with Gasteiger partial charge in [-0.2, -0.15) is 0 Å². The van der Waals surface area contributed by atoms with Gasteiger partial charge >= 0.3 is 0 Å². The standard InChI is InChI=1S/C78H54N2O2/c1-75(2)61-43-47(79-65-33-15-7-25-53(65)77(54-26-8-16-34-66(54)79)57-29-11-19-37-70(57)81-71-38-20-12-30-58(71)77)41-42-48(61)51-44-63-52(45-62(51)75)74-50-24-6-5-23-49(50)69(46-64(74)76(63,3)4)80-67-35-17-9-27-55(67)78(56-28-10-18-36-68(56)80)59-31-13-21-39-72(59)82-73-40-22-14-32-60(73)78/h5-46H,1-4H3. The van der Waals surface area contributed by atoms with Crippen LogP contribution in [0, 0.1) is 0 Å². The van der Waals surface area contributed by atoms with Crippen LogP contribution in [0.3, 0.4) is 0 Å². The van der Waals surface area contributed by atoms with Crippen LogP contribution in [-0.4, -0.2) is 0 Å². The molecule has 82 heavy (non-hydrogen) atoms. The Morgan fingerprint density at radius 2 is 0.610 bits per heavy atom. The van der Waals surface area contributed by atoms with Crippen molar-refractivity contribution < 1.29 is 9.47 Å². The maximum atomic E-state index is 6.74. The number of ether oxygens (including phenoxy) is 2. The molecule has 0 bridgehead atoms. The fourth-order valence-corrected chi connectivity index (χ4v) is 16.3. The highest BCUT2D eigenvalue weighted by molar-refractivity contribution is 6.11. The SMILES string of the molecule is CC1(C)c2cc(N3c4ccccc4C4(c5ccccc5Oc5ccccc54)c4ccccc43)ccc2-c2cc3c(cc21)-c1c(cc(N2c4ccccc4C4(c5ccccc5Oc5ccccc54)c4ccccc42)c2ccccc12)C3(C)C. The van der Waals surface area contributed by atoms with Gasteiger partial charge in [0.15, 0.2) is 0 Å². The van der Waals surface area contributed by atoms with Crippen LogP contribution in [0.25, 0.3) is 33.0 Å². The van der Waals surface area contributed by atoms with Crippen LogP contribution in [0.2, 0.25) is 0 Å². The highest BCUT2D eigenvalue weighted by Crippen LogP contribution is 2.67. The first-order valence-electron chi connectivity index (χ1n) is 28.8. The van der Waals surface area contributed by atoms with Gasteiger partial charge in [0, 0.05) is 44.2 Å².